The van der Waals surface area contributed by atoms with Gasteiger partial charge in [-0.2, -0.15) is 0 Å². The maximum absolute atomic E-state index is 13.1. The molecule has 0 aliphatic carbocycles. The third kappa shape index (κ3) is 2.57. The Kier molecular flexibility index (Phi) is 3.31. The molecular formula is C14H10ClFN4O. The van der Waals surface area contributed by atoms with Crippen molar-refractivity contribution in [2.24, 2.45) is 0 Å². The lowest BCUT2D eigenvalue weighted by Crippen LogP contribution is -2.12. The molecule has 7 heteroatoms. The second-order valence-electron chi connectivity index (χ2n) is 4.48. The van der Waals surface area contributed by atoms with Crippen LogP contribution in [0, 0.1) is 12.7 Å². The highest BCUT2D eigenvalue weighted by molar-refractivity contribution is 6.31. The normalized spacial score (nSPS) is 10.8. The van der Waals surface area contributed by atoms with Gasteiger partial charge in [-0.25, -0.2) is 4.39 Å². The SMILES string of the molecule is Cc1nnc2ccc(C(=O)Nc3ccc(F)c(Cl)c3)cn12. The first-order valence-corrected chi connectivity index (χ1v) is 6.50. The molecule has 2 heterocycles. The zero-order chi connectivity index (χ0) is 15.0. The number of aromatic nitrogens is 3. The number of aryl methyl sites for hydroxylation is 1. The minimum absolute atomic E-state index is 0.0436. The van der Waals surface area contributed by atoms with Crippen LogP contribution in [0.1, 0.15) is 16.2 Å². The molecule has 3 aromatic rings. The van der Waals surface area contributed by atoms with Gasteiger partial charge in [0.05, 0.1) is 10.6 Å². The van der Waals surface area contributed by atoms with Gasteiger partial charge < -0.3 is 5.32 Å². The number of carbonyl (C=O) groups is 1. The molecule has 0 bridgehead atoms. The van der Waals surface area contributed by atoms with E-state index in [1.807, 2.05) is 0 Å². The van der Waals surface area contributed by atoms with E-state index in [0.717, 1.165) is 0 Å². The Bertz CT molecular complexity index is 846. The molecule has 5 nitrogen and oxygen atoms in total. The second kappa shape index (κ2) is 5.14. The first-order chi connectivity index (χ1) is 10.0. The molecule has 1 aromatic carbocycles. The van der Waals surface area contributed by atoms with Gasteiger partial charge in [0.25, 0.3) is 5.91 Å². The highest BCUT2D eigenvalue weighted by atomic mass is 35.5. The van der Waals surface area contributed by atoms with Crippen LogP contribution in [0.3, 0.4) is 0 Å². The van der Waals surface area contributed by atoms with E-state index in [0.29, 0.717) is 22.7 Å². The van der Waals surface area contributed by atoms with Crippen LogP contribution in [-0.4, -0.2) is 20.5 Å². The smallest absolute Gasteiger partial charge is 0.257 e. The minimum atomic E-state index is -0.531. The van der Waals surface area contributed by atoms with Crippen LogP contribution in [-0.2, 0) is 0 Å². The van der Waals surface area contributed by atoms with Crippen molar-refractivity contribution in [2.45, 2.75) is 6.92 Å². The van der Waals surface area contributed by atoms with E-state index in [9.17, 15) is 9.18 Å². The Hall–Kier alpha value is -2.47. The van der Waals surface area contributed by atoms with Gasteiger partial charge in [0.15, 0.2) is 5.65 Å². The van der Waals surface area contributed by atoms with Gasteiger partial charge in [0, 0.05) is 11.9 Å². The number of nitrogens with one attached hydrogen (secondary N) is 1. The number of rotatable bonds is 2. The lowest BCUT2D eigenvalue weighted by Gasteiger charge is -2.06. The summed E-state index contributed by atoms with van der Waals surface area (Å²) in [6.45, 7) is 1.79. The largest absolute Gasteiger partial charge is 0.322 e. The van der Waals surface area contributed by atoms with E-state index in [-0.39, 0.29) is 10.9 Å². The number of benzene rings is 1. The van der Waals surface area contributed by atoms with Crippen molar-refractivity contribution in [1.82, 2.24) is 14.6 Å². The van der Waals surface area contributed by atoms with Gasteiger partial charge in [-0.15, -0.1) is 10.2 Å². The van der Waals surface area contributed by atoms with Crippen molar-refractivity contribution in [1.29, 1.82) is 0 Å². The van der Waals surface area contributed by atoms with Crippen LogP contribution >= 0.6 is 11.6 Å². The van der Waals surface area contributed by atoms with Crippen LogP contribution < -0.4 is 5.32 Å². The molecule has 1 amide bonds. The predicted molar refractivity (Wildman–Crippen MR) is 77.1 cm³/mol. The molecule has 3 rings (SSSR count). The fraction of sp³-hybridized carbons (Fsp3) is 0.0714. The van der Waals surface area contributed by atoms with Crippen molar-refractivity contribution < 1.29 is 9.18 Å². The van der Waals surface area contributed by atoms with Crippen molar-refractivity contribution in [3.05, 3.63) is 58.8 Å². The quantitative estimate of drug-likeness (QED) is 0.791. The number of carbonyl (C=O) groups excluding carboxylic acids is 1. The fourth-order valence-corrected chi connectivity index (χ4v) is 2.10. The van der Waals surface area contributed by atoms with Gasteiger partial charge in [0.2, 0.25) is 0 Å². The summed E-state index contributed by atoms with van der Waals surface area (Å²) < 4.78 is 14.8. The Morgan fingerprint density at radius 2 is 2.10 bits per heavy atom. The van der Waals surface area contributed by atoms with Crippen molar-refractivity contribution in [2.75, 3.05) is 5.32 Å². The lowest BCUT2D eigenvalue weighted by atomic mass is 10.2. The van der Waals surface area contributed by atoms with Crippen LogP contribution in [0.4, 0.5) is 10.1 Å². The Balaban J connectivity index is 1.89. The monoisotopic (exact) mass is 304 g/mol. The Morgan fingerprint density at radius 3 is 2.86 bits per heavy atom. The van der Waals surface area contributed by atoms with Gasteiger partial charge >= 0.3 is 0 Å². The Morgan fingerprint density at radius 1 is 1.29 bits per heavy atom. The molecule has 0 spiro atoms. The van der Waals surface area contributed by atoms with E-state index in [1.54, 1.807) is 29.7 Å². The summed E-state index contributed by atoms with van der Waals surface area (Å²) in [5.41, 5.74) is 1.52. The molecule has 0 fully saturated rings. The number of hydrogen-bond acceptors (Lipinski definition) is 3. The number of hydrogen-bond donors (Lipinski definition) is 1. The van der Waals surface area contributed by atoms with Gasteiger partial charge in [-0.3, -0.25) is 9.20 Å². The predicted octanol–water partition coefficient (Wildman–Crippen LogP) is 3.08. The Labute approximate surface area is 124 Å². The van der Waals surface area contributed by atoms with Crippen molar-refractivity contribution in [3.63, 3.8) is 0 Å². The van der Waals surface area contributed by atoms with E-state index in [4.69, 9.17) is 11.6 Å². The van der Waals surface area contributed by atoms with E-state index in [2.05, 4.69) is 15.5 Å². The fourth-order valence-electron chi connectivity index (χ4n) is 1.92. The molecule has 0 saturated heterocycles. The van der Waals surface area contributed by atoms with Crippen LogP contribution in [0.15, 0.2) is 36.5 Å². The lowest BCUT2D eigenvalue weighted by molar-refractivity contribution is 0.102. The summed E-state index contributed by atoms with van der Waals surface area (Å²) in [7, 11) is 0. The van der Waals surface area contributed by atoms with E-state index >= 15 is 0 Å². The molecule has 106 valence electrons. The first kappa shape index (κ1) is 13.5. The number of halogens is 2. The number of nitrogens with zero attached hydrogens (tertiary/aromatic N) is 3. The summed E-state index contributed by atoms with van der Waals surface area (Å²) in [6.07, 6.45) is 1.64. The minimum Gasteiger partial charge on any atom is -0.322 e. The van der Waals surface area contributed by atoms with Gasteiger partial charge in [-0.1, -0.05) is 11.6 Å². The molecular weight excluding hydrogens is 295 g/mol. The molecule has 1 N–H and O–H groups in total. The van der Waals surface area contributed by atoms with E-state index < -0.39 is 5.82 Å². The van der Waals surface area contributed by atoms with Gasteiger partial charge in [0.1, 0.15) is 11.6 Å². The molecule has 0 aliphatic rings. The standard InChI is InChI=1S/C14H10ClFN4O/c1-8-18-19-13-5-2-9(7-20(8)13)14(21)17-10-3-4-12(16)11(15)6-10/h2-7H,1H3,(H,17,21). The van der Waals surface area contributed by atoms with Crippen molar-refractivity contribution in [3.8, 4) is 0 Å². The van der Waals surface area contributed by atoms with Crippen LogP contribution in [0.25, 0.3) is 5.65 Å². The summed E-state index contributed by atoms with van der Waals surface area (Å²) >= 11 is 5.68. The average molecular weight is 305 g/mol. The number of fused-ring (bicyclic) bond motifs is 1. The summed E-state index contributed by atoms with van der Waals surface area (Å²) in [4.78, 5) is 12.2. The summed E-state index contributed by atoms with van der Waals surface area (Å²) in [6, 6.07) is 7.35. The average Bonchev–Trinajstić information content (AvgIpc) is 2.84. The van der Waals surface area contributed by atoms with Gasteiger partial charge in [-0.05, 0) is 37.3 Å². The molecule has 0 atom stereocenters. The van der Waals surface area contributed by atoms with E-state index in [1.165, 1.54) is 18.2 Å². The third-order valence-electron chi connectivity index (χ3n) is 3.01. The zero-order valence-corrected chi connectivity index (χ0v) is 11.7. The maximum Gasteiger partial charge on any atom is 0.257 e. The highest BCUT2D eigenvalue weighted by Gasteiger charge is 2.10. The molecule has 0 saturated carbocycles. The third-order valence-corrected chi connectivity index (χ3v) is 3.30. The maximum atomic E-state index is 13.1. The molecule has 0 radical (unpaired) electrons. The zero-order valence-electron chi connectivity index (χ0n) is 11.0. The summed E-state index contributed by atoms with van der Waals surface area (Å²) in [5, 5.41) is 10.5. The second-order valence-corrected chi connectivity index (χ2v) is 4.88. The first-order valence-electron chi connectivity index (χ1n) is 6.12. The number of pyridine rings is 1. The summed E-state index contributed by atoms with van der Waals surface area (Å²) in [5.74, 6) is -0.173. The topological polar surface area (TPSA) is 59.3 Å². The van der Waals surface area contributed by atoms with Crippen molar-refractivity contribution >= 4 is 28.8 Å². The molecule has 2 aromatic heterocycles. The molecule has 0 unspecified atom stereocenters. The van der Waals surface area contributed by atoms with Crippen LogP contribution in [0.2, 0.25) is 5.02 Å². The molecule has 21 heavy (non-hydrogen) atoms. The number of amides is 1. The number of anilines is 1. The highest BCUT2D eigenvalue weighted by Crippen LogP contribution is 2.20. The van der Waals surface area contributed by atoms with Crippen LogP contribution in [0.5, 0.6) is 0 Å². The molecule has 0 aliphatic heterocycles.